The third-order valence-corrected chi connectivity index (χ3v) is 3.85. The minimum atomic E-state index is -0.151. The molecule has 108 valence electrons. The number of rotatable bonds is 2. The number of hydrogen-bond acceptors (Lipinski definition) is 3. The molecule has 0 aliphatic rings. The second kappa shape index (κ2) is 4.80. The maximum absolute atomic E-state index is 11.9. The normalized spacial score (nSPS) is 11.3. The number of H-pyrrole nitrogens is 1. The zero-order valence-corrected chi connectivity index (χ0v) is 12.1. The van der Waals surface area contributed by atoms with Crippen molar-refractivity contribution in [3.8, 4) is 11.1 Å². The van der Waals surface area contributed by atoms with Crippen LogP contribution in [0.3, 0.4) is 0 Å². The maximum Gasteiger partial charge on any atom is 0.258 e. The topological polar surface area (TPSA) is 63.1 Å². The molecule has 0 fully saturated rings. The average Bonchev–Trinajstić information content (AvgIpc) is 2.95. The van der Waals surface area contributed by atoms with Crippen molar-refractivity contribution in [3.05, 3.63) is 64.8 Å². The van der Waals surface area contributed by atoms with Gasteiger partial charge in [0, 0.05) is 18.0 Å². The van der Waals surface area contributed by atoms with Gasteiger partial charge in [-0.2, -0.15) is 5.10 Å². The van der Waals surface area contributed by atoms with Crippen LogP contribution < -0.4 is 5.56 Å². The Morgan fingerprint density at radius 1 is 1.18 bits per heavy atom. The van der Waals surface area contributed by atoms with E-state index in [1.54, 1.807) is 16.9 Å². The van der Waals surface area contributed by atoms with Gasteiger partial charge in [0.25, 0.3) is 5.56 Å². The summed E-state index contributed by atoms with van der Waals surface area (Å²) in [5.74, 6) is 0. The van der Waals surface area contributed by atoms with Crippen LogP contribution in [0.1, 0.15) is 12.6 Å². The van der Waals surface area contributed by atoms with E-state index >= 15 is 0 Å². The van der Waals surface area contributed by atoms with E-state index in [0.29, 0.717) is 5.39 Å². The van der Waals surface area contributed by atoms with E-state index in [1.165, 1.54) is 0 Å². The van der Waals surface area contributed by atoms with Crippen molar-refractivity contribution in [1.82, 2.24) is 19.6 Å². The maximum atomic E-state index is 11.9. The molecule has 1 aromatic carbocycles. The summed E-state index contributed by atoms with van der Waals surface area (Å²) in [7, 11) is 0. The Morgan fingerprint density at radius 3 is 2.77 bits per heavy atom. The van der Waals surface area contributed by atoms with Crippen LogP contribution >= 0.6 is 0 Å². The van der Waals surface area contributed by atoms with Crippen LogP contribution in [-0.4, -0.2) is 19.6 Å². The van der Waals surface area contributed by atoms with Gasteiger partial charge in [-0.25, -0.2) is 9.50 Å². The molecule has 1 N–H and O–H groups in total. The van der Waals surface area contributed by atoms with E-state index in [9.17, 15) is 4.79 Å². The first kappa shape index (κ1) is 12.8. The van der Waals surface area contributed by atoms with Crippen LogP contribution in [0.2, 0.25) is 0 Å². The van der Waals surface area contributed by atoms with Crippen molar-refractivity contribution >= 4 is 16.6 Å². The highest BCUT2D eigenvalue weighted by Gasteiger charge is 2.16. The highest BCUT2D eigenvalue weighted by Crippen LogP contribution is 2.28. The standard InChI is InChI=1S/C17H14N4O/c1-2-13-15(11-6-4-3-5-7-11)16-19-10-12-14(21(16)20-13)8-9-18-17(12)22/h3-10H,2H2,1H3,(H,18,22). The third-order valence-electron chi connectivity index (χ3n) is 3.85. The zero-order chi connectivity index (χ0) is 15.1. The molecule has 0 bridgehead atoms. The minimum absolute atomic E-state index is 0.151. The van der Waals surface area contributed by atoms with Gasteiger partial charge in [0.2, 0.25) is 0 Å². The highest BCUT2D eigenvalue weighted by molar-refractivity contribution is 5.86. The van der Waals surface area contributed by atoms with Crippen LogP contribution in [0.4, 0.5) is 0 Å². The summed E-state index contributed by atoms with van der Waals surface area (Å²) in [4.78, 5) is 19.1. The van der Waals surface area contributed by atoms with Gasteiger partial charge in [0.15, 0.2) is 5.65 Å². The SMILES string of the molecule is CCc1nn2c(ncc3c(=O)[nH]ccc32)c1-c1ccccc1. The van der Waals surface area contributed by atoms with E-state index in [-0.39, 0.29) is 5.56 Å². The summed E-state index contributed by atoms with van der Waals surface area (Å²) in [6.07, 6.45) is 4.06. The lowest BCUT2D eigenvalue weighted by molar-refractivity contribution is 0.915. The zero-order valence-electron chi connectivity index (χ0n) is 12.1. The summed E-state index contributed by atoms with van der Waals surface area (Å²) in [5, 5.41) is 5.22. The molecule has 5 heteroatoms. The number of aryl methyl sites for hydroxylation is 1. The van der Waals surface area contributed by atoms with Gasteiger partial charge in [0.05, 0.1) is 16.6 Å². The smallest absolute Gasteiger partial charge is 0.258 e. The van der Waals surface area contributed by atoms with E-state index in [1.807, 2.05) is 24.3 Å². The number of fused-ring (bicyclic) bond motifs is 3. The summed E-state index contributed by atoms with van der Waals surface area (Å²) in [6, 6.07) is 12.0. The van der Waals surface area contributed by atoms with Crippen LogP contribution in [0.25, 0.3) is 27.7 Å². The van der Waals surface area contributed by atoms with Gasteiger partial charge in [0.1, 0.15) is 0 Å². The van der Waals surface area contributed by atoms with Crippen molar-refractivity contribution in [1.29, 1.82) is 0 Å². The van der Waals surface area contributed by atoms with Gasteiger partial charge in [-0.05, 0) is 18.1 Å². The molecule has 3 aromatic heterocycles. The molecule has 0 radical (unpaired) electrons. The van der Waals surface area contributed by atoms with Crippen LogP contribution in [0.15, 0.2) is 53.6 Å². The van der Waals surface area contributed by atoms with Gasteiger partial charge in [-0.1, -0.05) is 37.3 Å². The first-order chi connectivity index (χ1) is 10.8. The lowest BCUT2D eigenvalue weighted by atomic mass is 10.0. The fraction of sp³-hybridized carbons (Fsp3) is 0.118. The molecular formula is C17H14N4O. The minimum Gasteiger partial charge on any atom is -0.328 e. The molecule has 0 amide bonds. The summed E-state index contributed by atoms with van der Waals surface area (Å²) in [5.41, 5.74) is 4.50. The number of aromatic nitrogens is 4. The molecule has 0 unspecified atom stereocenters. The Balaban J connectivity index is 2.16. The Morgan fingerprint density at radius 2 is 2.00 bits per heavy atom. The van der Waals surface area contributed by atoms with Gasteiger partial charge in [-0.3, -0.25) is 4.79 Å². The molecular weight excluding hydrogens is 276 g/mol. The van der Waals surface area contributed by atoms with Crippen LogP contribution in [0.5, 0.6) is 0 Å². The summed E-state index contributed by atoms with van der Waals surface area (Å²) in [6.45, 7) is 2.07. The Hall–Kier alpha value is -2.95. The molecule has 5 nitrogen and oxygen atoms in total. The number of nitrogens with one attached hydrogen (secondary N) is 1. The first-order valence-corrected chi connectivity index (χ1v) is 7.23. The van der Waals surface area contributed by atoms with Gasteiger partial charge in [-0.15, -0.1) is 0 Å². The number of pyridine rings is 1. The van der Waals surface area contributed by atoms with E-state index in [2.05, 4.69) is 34.1 Å². The van der Waals surface area contributed by atoms with E-state index < -0.39 is 0 Å². The molecule has 0 atom stereocenters. The fourth-order valence-electron chi connectivity index (χ4n) is 2.80. The molecule has 0 aliphatic carbocycles. The summed E-state index contributed by atoms with van der Waals surface area (Å²) >= 11 is 0. The van der Waals surface area contributed by atoms with E-state index in [0.717, 1.165) is 34.4 Å². The number of benzene rings is 1. The van der Waals surface area contributed by atoms with Crippen molar-refractivity contribution in [2.75, 3.05) is 0 Å². The number of aromatic amines is 1. The lowest BCUT2D eigenvalue weighted by Gasteiger charge is -2.02. The molecule has 0 aliphatic heterocycles. The fourth-order valence-corrected chi connectivity index (χ4v) is 2.80. The monoisotopic (exact) mass is 290 g/mol. The largest absolute Gasteiger partial charge is 0.328 e. The highest BCUT2D eigenvalue weighted by atomic mass is 16.1. The Bertz CT molecular complexity index is 1030. The molecule has 0 spiro atoms. The number of hydrogen-bond donors (Lipinski definition) is 1. The predicted molar refractivity (Wildman–Crippen MR) is 85.9 cm³/mol. The number of nitrogens with zero attached hydrogens (tertiary/aromatic N) is 3. The molecule has 22 heavy (non-hydrogen) atoms. The molecule has 0 saturated heterocycles. The van der Waals surface area contributed by atoms with Crippen molar-refractivity contribution in [2.24, 2.45) is 0 Å². The molecule has 3 heterocycles. The summed E-state index contributed by atoms with van der Waals surface area (Å²) < 4.78 is 1.77. The Kier molecular flexibility index (Phi) is 2.79. The predicted octanol–water partition coefficient (Wildman–Crippen LogP) is 2.80. The van der Waals surface area contributed by atoms with Crippen LogP contribution in [-0.2, 0) is 6.42 Å². The quantitative estimate of drug-likeness (QED) is 0.617. The van der Waals surface area contributed by atoms with Crippen LogP contribution in [0, 0.1) is 0 Å². The van der Waals surface area contributed by atoms with Gasteiger partial charge < -0.3 is 4.98 Å². The first-order valence-electron chi connectivity index (χ1n) is 7.23. The molecule has 4 aromatic rings. The van der Waals surface area contributed by atoms with E-state index in [4.69, 9.17) is 0 Å². The Labute approximate surface area is 126 Å². The molecule has 0 saturated carbocycles. The van der Waals surface area contributed by atoms with Crippen molar-refractivity contribution < 1.29 is 0 Å². The third kappa shape index (κ3) is 1.75. The van der Waals surface area contributed by atoms with Crippen molar-refractivity contribution in [3.63, 3.8) is 0 Å². The second-order valence-corrected chi connectivity index (χ2v) is 5.14. The lowest BCUT2D eigenvalue weighted by Crippen LogP contribution is -2.07. The van der Waals surface area contributed by atoms with Crippen molar-refractivity contribution in [2.45, 2.75) is 13.3 Å². The average molecular weight is 290 g/mol. The second-order valence-electron chi connectivity index (χ2n) is 5.14. The van der Waals surface area contributed by atoms with Gasteiger partial charge >= 0.3 is 0 Å². The molecule has 4 rings (SSSR count).